The van der Waals surface area contributed by atoms with Gasteiger partial charge in [0.05, 0.1) is 28.6 Å². The summed E-state index contributed by atoms with van der Waals surface area (Å²) in [5.41, 5.74) is -1.20. The van der Waals surface area contributed by atoms with E-state index in [0.717, 1.165) is 23.9 Å². The van der Waals surface area contributed by atoms with Crippen molar-refractivity contribution in [3.63, 3.8) is 0 Å². The van der Waals surface area contributed by atoms with Crippen LogP contribution in [0.3, 0.4) is 0 Å². The number of fused-ring (bicyclic) bond motifs is 3. The largest absolute Gasteiger partial charge is 0.444 e. The Morgan fingerprint density at radius 1 is 1.02 bits per heavy atom. The van der Waals surface area contributed by atoms with Crippen molar-refractivity contribution in [2.24, 2.45) is 10.8 Å². The zero-order valence-corrected chi connectivity index (χ0v) is 22.8. The Bertz CT molecular complexity index is 1580. The maximum Gasteiger partial charge on any atom is 0.416 e. The summed E-state index contributed by atoms with van der Waals surface area (Å²) in [7, 11) is 0. The number of Topliss-reactive ketones (excluding diaryl/α,β-unsaturated/α-hetero) is 1. The Labute approximate surface area is 233 Å². The summed E-state index contributed by atoms with van der Waals surface area (Å²) in [4.78, 5) is 33.3. The molecule has 1 aliphatic heterocycles. The summed E-state index contributed by atoms with van der Waals surface area (Å²) in [6.45, 7) is 5.48. The van der Waals surface area contributed by atoms with Crippen LogP contribution in [0.1, 0.15) is 60.9 Å². The number of nitrogens with zero attached hydrogens (tertiary/aromatic N) is 4. The number of hydrogen-bond acceptors (Lipinski definition) is 5. The van der Waals surface area contributed by atoms with Crippen LogP contribution in [0.2, 0.25) is 0 Å². The second kappa shape index (κ2) is 8.99. The first-order valence-electron chi connectivity index (χ1n) is 13.3. The number of amides is 1. The molecule has 2 aliphatic carbocycles. The van der Waals surface area contributed by atoms with E-state index in [0.29, 0.717) is 36.3 Å². The number of benzene rings is 1. The molecule has 1 unspecified atom stereocenters. The van der Waals surface area contributed by atoms with Crippen molar-refractivity contribution < 1.29 is 31.9 Å². The first kappa shape index (κ1) is 27.2. The molecule has 1 aromatic carbocycles. The zero-order valence-electron chi connectivity index (χ0n) is 22.8. The molecule has 1 atom stereocenters. The molecule has 3 heterocycles. The van der Waals surface area contributed by atoms with E-state index in [-0.39, 0.29) is 18.7 Å². The minimum atomic E-state index is -4.66. The zero-order chi connectivity index (χ0) is 29.4. The van der Waals surface area contributed by atoms with E-state index in [1.807, 2.05) is 6.08 Å². The fourth-order valence-electron chi connectivity index (χ4n) is 6.08. The minimum Gasteiger partial charge on any atom is -0.444 e. The number of alkyl halides is 3. The van der Waals surface area contributed by atoms with Gasteiger partial charge in [0.25, 0.3) is 0 Å². The molecule has 1 saturated carbocycles. The first-order chi connectivity index (χ1) is 19.2. The predicted octanol–water partition coefficient (Wildman–Crippen LogP) is 6.26. The van der Waals surface area contributed by atoms with Crippen LogP contribution in [0, 0.1) is 16.6 Å². The van der Waals surface area contributed by atoms with Crippen molar-refractivity contribution >= 4 is 18.0 Å². The summed E-state index contributed by atoms with van der Waals surface area (Å²) in [5, 5.41) is 4.50. The van der Waals surface area contributed by atoms with E-state index in [1.165, 1.54) is 17.0 Å². The van der Waals surface area contributed by atoms with Crippen molar-refractivity contribution in [2.45, 2.75) is 51.8 Å². The SMILES string of the molecule is CC(C)(C)OC(=O)N1CC2(CC2)C2=Cc3c(cnn3-c3ccc(F)cc3)CC2(C(=O)c2cc(C(F)(F)F)ccn2)C1. The van der Waals surface area contributed by atoms with Crippen molar-refractivity contribution in [3.05, 3.63) is 82.7 Å². The number of carbonyl (C=O) groups is 2. The Balaban J connectivity index is 1.49. The van der Waals surface area contributed by atoms with Gasteiger partial charge in [0, 0.05) is 24.7 Å². The summed E-state index contributed by atoms with van der Waals surface area (Å²) in [6.07, 6.45) is 0.738. The molecule has 11 heteroatoms. The van der Waals surface area contributed by atoms with Gasteiger partial charge in [-0.1, -0.05) is 0 Å². The van der Waals surface area contributed by atoms with Gasteiger partial charge in [-0.15, -0.1) is 0 Å². The second-order valence-electron chi connectivity index (χ2n) is 12.1. The van der Waals surface area contributed by atoms with Gasteiger partial charge in [-0.2, -0.15) is 18.3 Å². The number of likely N-dealkylation sites (tertiary alicyclic amines) is 1. The van der Waals surface area contributed by atoms with E-state index in [1.54, 1.807) is 43.8 Å². The Morgan fingerprint density at radius 3 is 2.37 bits per heavy atom. The van der Waals surface area contributed by atoms with E-state index < -0.39 is 45.9 Å². The third-order valence-corrected chi connectivity index (χ3v) is 8.03. The van der Waals surface area contributed by atoms with Crippen LogP contribution in [-0.2, 0) is 17.3 Å². The Morgan fingerprint density at radius 2 is 1.73 bits per heavy atom. The standard InChI is InChI=1S/C30H28F4N4O3/c1-27(2,3)41-26(40)37-16-28(9-10-28)24-13-23-18(15-36-38(23)21-6-4-20(31)5-7-21)14-29(24,17-37)25(39)22-12-19(8-11-35-22)30(32,33)34/h4-8,11-13,15H,9-10,14,16-17H2,1-3H3. The molecule has 6 rings (SSSR count). The molecular formula is C30H28F4N4O3. The van der Waals surface area contributed by atoms with Gasteiger partial charge >= 0.3 is 12.3 Å². The van der Waals surface area contributed by atoms with E-state index in [2.05, 4.69) is 10.1 Å². The highest BCUT2D eigenvalue weighted by molar-refractivity contribution is 6.03. The molecule has 0 N–H and O–H groups in total. The van der Waals surface area contributed by atoms with Crippen molar-refractivity contribution in [1.29, 1.82) is 0 Å². The number of aromatic nitrogens is 3. The van der Waals surface area contributed by atoms with Gasteiger partial charge in [-0.25, -0.2) is 13.9 Å². The summed E-state index contributed by atoms with van der Waals surface area (Å²) >= 11 is 0. The fraction of sp³-hybridized carbons (Fsp3) is 0.400. The normalized spacial score (nSPS) is 21.1. The molecule has 41 heavy (non-hydrogen) atoms. The van der Waals surface area contributed by atoms with Gasteiger partial charge in [0.1, 0.15) is 17.1 Å². The van der Waals surface area contributed by atoms with Gasteiger partial charge in [0.15, 0.2) is 5.78 Å². The number of hydrogen-bond donors (Lipinski definition) is 0. The number of halogens is 4. The third-order valence-electron chi connectivity index (χ3n) is 8.03. The fourth-order valence-corrected chi connectivity index (χ4v) is 6.08. The Hall–Kier alpha value is -4.02. The Kier molecular flexibility index (Phi) is 5.96. The van der Waals surface area contributed by atoms with Crippen LogP contribution in [0.5, 0.6) is 0 Å². The lowest BCUT2D eigenvalue weighted by atomic mass is 9.60. The number of pyridine rings is 1. The highest BCUT2D eigenvalue weighted by Crippen LogP contribution is 2.63. The van der Waals surface area contributed by atoms with Gasteiger partial charge in [-0.05, 0) is 93.6 Å². The molecule has 3 aromatic rings. The molecule has 1 spiro atoms. The highest BCUT2D eigenvalue weighted by Gasteiger charge is 2.63. The smallest absolute Gasteiger partial charge is 0.416 e. The molecule has 3 aliphatic rings. The van der Waals surface area contributed by atoms with Crippen LogP contribution in [0.15, 0.2) is 54.4 Å². The van der Waals surface area contributed by atoms with E-state index >= 15 is 0 Å². The minimum absolute atomic E-state index is 0.0760. The van der Waals surface area contributed by atoms with Crippen LogP contribution in [0.4, 0.5) is 22.4 Å². The number of ether oxygens (including phenoxy) is 1. The first-order valence-corrected chi connectivity index (χ1v) is 13.3. The molecule has 0 bridgehead atoms. The van der Waals surface area contributed by atoms with E-state index in [9.17, 15) is 27.2 Å². The monoisotopic (exact) mass is 568 g/mol. The number of piperidine rings is 1. The lowest BCUT2D eigenvalue weighted by Crippen LogP contribution is -2.57. The van der Waals surface area contributed by atoms with Crippen molar-refractivity contribution in [1.82, 2.24) is 19.7 Å². The number of rotatable bonds is 3. The maximum absolute atomic E-state index is 14.4. The molecule has 0 radical (unpaired) electrons. The van der Waals surface area contributed by atoms with E-state index in [4.69, 9.17) is 4.74 Å². The molecule has 1 amide bonds. The third kappa shape index (κ3) is 4.70. The molecule has 2 fully saturated rings. The number of carbonyl (C=O) groups excluding carboxylic acids is 2. The molecular weight excluding hydrogens is 540 g/mol. The highest BCUT2D eigenvalue weighted by atomic mass is 19.4. The molecule has 214 valence electrons. The summed E-state index contributed by atoms with van der Waals surface area (Å²) in [5.74, 6) is -0.979. The molecule has 1 saturated heterocycles. The lowest BCUT2D eigenvalue weighted by molar-refractivity contribution is -0.137. The van der Waals surface area contributed by atoms with Crippen molar-refractivity contribution in [2.75, 3.05) is 13.1 Å². The average molecular weight is 569 g/mol. The van der Waals surface area contributed by atoms with Crippen LogP contribution >= 0.6 is 0 Å². The summed E-state index contributed by atoms with van der Waals surface area (Å²) < 4.78 is 61.7. The number of ketones is 1. The summed E-state index contributed by atoms with van der Waals surface area (Å²) in [6, 6.07) is 7.45. The van der Waals surface area contributed by atoms with Gasteiger partial charge in [0.2, 0.25) is 0 Å². The second-order valence-corrected chi connectivity index (χ2v) is 12.1. The van der Waals surface area contributed by atoms with Crippen molar-refractivity contribution in [3.8, 4) is 5.69 Å². The van der Waals surface area contributed by atoms with Gasteiger partial charge < -0.3 is 9.64 Å². The van der Waals surface area contributed by atoms with Gasteiger partial charge in [-0.3, -0.25) is 9.78 Å². The molecule has 7 nitrogen and oxygen atoms in total. The van der Waals surface area contributed by atoms with Crippen LogP contribution in [-0.4, -0.2) is 50.2 Å². The average Bonchev–Trinajstić information content (AvgIpc) is 3.55. The predicted molar refractivity (Wildman–Crippen MR) is 141 cm³/mol. The lowest BCUT2D eigenvalue weighted by Gasteiger charge is -2.49. The maximum atomic E-state index is 14.4. The molecule has 2 aromatic heterocycles. The van der Waals surface area contributed by atoms with Crippen LogP contribution < -0.4 is 0 Å². The topological polar surface area (TPSA) is 77.3 Å². The van der Waals surface area contributed by atoms with Crippen LogP contribution in [0.25, 0.3) is 11.8 Å². The quantitative estimate of drug-likeness (QED) is 0.275.